The summed E-state index contributed by atoms with van der Waals surface area (Å²) < 4.78 is 5.71. The number of morpholine rings is 1. The van der Waals surface area contributed by atoms with E-state index in [0.29, 0.717) is 6.54 Å². The van der Waals surface area contributed by atoms with E-state index in [1.165, 1.54) is 0 Å². The van der Waals surface area contributed by atoms with Crippen molar-refractivity contribution in [3.8, 4) is 0 Å². The molecule has 7 nitrogen and oxygen atoms in total. The molecule has 1 saturated heterocycles. The molecule has 1 aliphatic carbocycles. The first-order valence-electron chi connectivity index (χ1n) is 9.71. The van der Waals surface area contributed by atoms with E-state index < -0.39 is 12.1 Å². The topological polar surface area (TPSA) is 84.4 Å². The highest BCUT2D eigenvalue weighted by atomic mass is 32.1. The highest BCUT2D eigenvalue weighted by Gasteiger charge is 2.47. The number of carbonyl (C=O) groups excluding carboxylic acids is 2. The van der Waals surface area contributed by atoms with Crippen molar-refractivity contribution in [2.24, 2.45) is 0 Å². The summed E-state index contributed by atoms with van der Waals surface area (Å²) in [6, 6.07) is 3.45. The Morgan fingerprint density at radius 1 is 1.43 bits per heavy atom. The summed E-state index contributed by atoms with van der Waals surface area (Å²) in [5.41, 5.74) is 1.67. The molecule has 0 aromatic carbocycles. The smallest absolute Gasteiger partial charge is 0.252 e. The molecule has 0 radical (unpaired) electrons. The number of aryl methyl sites for hydroxylation is 1. The Hall–Kier alpha value is -2.32. The van der Waals surface area contributed by atoms with Crippen LogP contribution in [-0.4, -0.2) is 45.4 Å². The number of amides is 2. The summed E-state index contributed by atoms with van der Waals surface area (Å²) in [4.78, 5) is 36.0. The summed E-state index contributed by atoms with van der Waals surface area (Å²) >= 11 is 1.62. The van der Waals surface area contributed by atoms with Crippen molar-refractivity contribution in [2.45, 2.75) is 57.3 Å². The van der Waals surface area contributed by atoms with Crippen LogP contribution in [0.25, 0.3) is 0 Å². The van der Waals surface area contributed by atoms with Crippen molar-refractivity contribution in [3.63, 3.8) is 0 Å². The maximum Gasteiger partial charge on any atom is 0.252 e. The Kier molecular flexibility index (Phi) is 5.68. The van der Waals surface area contributed by atoms with Gasteiger partial charge in [0.05, 0.1) is 23.3 Å². The van der Waals surface area contributed by atoms with Gasteiger partial charge in [0.15, 0.2) is 6.10 Å². The monoisotopic (exact) mass is 400 g/mol. The first kappa shape index (κ1) is 19.0. The average Bonchev–Trinajstić information content (AvgIpc) is 3.45. The minimum Gasteiger partial charge on any atom is -0.356 e. The van der Waals surface area contributed by atoms with Gasteiger partial charge in [-0.3, -0.25) is 14.6 Å². The number of hydrogen-bond acceptors (Lipinski definition) is 6. The molecule has 0 unspecified atom stereocenters. The molecule has 2 aromatic heterocycles. The molecule has 2 atom stereocenters. The zero-order chi connectivity index (χ0) is 19.5. The molecule has 148 valence electrons. The molecule has 3 heterocycles. The highest BCUT2D eigenvalue weighted by molar-refractivity contribution is 7.09. The number of nitrogens with zero attached hydrogens (tertiary/aromatic N) is 3. The molecule has 1 N–H and O–H groups in total. The summed E-state index contributed by atoms with van der Waals surface area (Å²) in [6.45, 7) is 2.41. The van der Waals surface area contributed by atoms with Gasteiger partial charge in [-0.2, -0.15) is 0 Å². The van der Waals surface area contributed by atoms with Gasteiger partial charge in [0.25, 0.3) is 5.91 Å². The second-order valence-corrected chi connectivity index (χ2v) is 8.14. The van der Waals surface area contributed by atoms with Gasteiger partial charge in [-0.15, -0.1) is 11.3 Å². The molecule has 0 bridgehead atoms. The minimum absolute atomic E-state index is 0.0656. The second kappa shape index (κ2) is 8.36. The average molecular weight is 401 g/mol. The van der Waals surface area contributed by atoms with Crippen LogP contribution in [0.5, 0.6) is 0 Å². The highest BCUT2D eigenvalue weighted by Crippen LogP contribution is 2.39. The summed E-state index contributed by atoms with van der Waals surface area (Å²) in [5.74, 6) is -0.291. The van der Waals surface area contributed by atoms with Crippen LogP contribution >= 0.6 is 11.3 Å². The van der Waals surface area contributed by atoms with E-state index in [1.807, 2.05) is 22.4 Å². The third-order valence-electron chi connectivity index (χ3n) is 4.99. The van der Waals surface area contributed by atoms with Crippen molar-refractivity contribution < 1.29 is 14.3 Å². The fraction of sp³-hybridized carbons (Fsp3) is 0.500. The fourth-order valence-electron chi connectivity index (χ4n) is 3.55. The maximum absolute atomic E-state index is 13.0. The lowest BCUT2D eigenvalue weighted by Gasteiger charge is -2.40. The molecule has 0 spiro atoms. The van der Waals surface area contributed by atoms with Crippen LogP contribution in [-0.2, 0) is 27.3 Å². The number of aromatic nitrogens is 2. The predicted molar refractivity (Wildman–Crippen MR) is 105 cm³/mol. The van der Waals surface area contributed by atoms with Crippen molar-refractivity contribution in [2.75, 3.05) is 6.61 Å². The van der Waals surface area contributed by atoms with Crippen LogP contribution in [0.3, 0.4) is 0 Å². The lowest BCUT2D eigenvalue weighted by molar-refractivity contribution is -0.165. The molecular weight excluding hydrogens is 376 g/mol. The van der Waals surface area contributed by atoms with E-state index in [9.17, 15) is 9.59 Å². The van der Waals surface area contributed by atoms with E-state index in [0.717, 1.165) is 41.9 Å². The quantitative estimate of drug-likeness (QED) is 0.771. The number of nitrogens with one attached hydrogen (secondary N) is 1. The number of rotatable bonds is 7. The summed E-state index contributed by atoms with van der Waals surface area (Å²) in [7, 11) is 0. The number of thiazole rings is 1. The standard InChI is InChI=1S/C20H24N4O3S/c1-2-4-16-23-14(12-28-16)10-22-20(26)19-18(13-5-3-8-21-9-13)24(15-6-7-15)17(25)11-27-19/h3,5,8-9,12,15,18-19H,2,4,6-7,10-11H2,1H3,(H,22,26)/t18-,19+/m1/s1. The Labute approximate surface area is 168 Å². The normalized spacial score (nSPS) is 22.3. The number of ether oxygens (including phenoxy) is 1. The van der Waals surface area contributed by atoms with Gasteiger partial charge in [-0.05, 0) is 37.3 Å². The Bertz CT molecular complexity index is 837. The van der Waals surface area contributed by atoms with Crippen LogP contribution in [0.4, 0.5) is 0 Å². The maximum atomic E-state index is 13.0. The van der Waals surface area contributed by atoms with Crippen LogP contribution < -0.4 is 5.32 Å². The van der Waals surface area contributed by atoms with Gasteiger partial charge in [0, 0.05) is 23.8 Å². The van der Waals surface area contributed by atoms with E-state index in [-0.39, 0.29) is 24.5 Å². The van der Waals surface area contributed by atoms with Gasteiger partial charge < -0.3 is 15.0 Å². The van der Waals surface area contributed by atoms with Crippen molar-refractivity contribution in [3.05, 3.63) is 46.2 Å². The van der Waals surface area contributed by atoms with Crippen LogP contribution in [0.2, 0.25) is 0 Å². The molecule has 2 amide bonds. The SMILES string of the molecule is CCCc1nc(CNC(=O)[C@H]2OCC(=O)N(C3CC3)[C@@H]2c2cccnc2)cs1. The first-order valence-corrected chi connectivity index (χ1v) is 10.6. The fourth-order valence-corrected chi connectivity index (χ4v) is 4.45. The zero-order valence-electron chi connectivity index (χ0n) is 15.8. The Morgan fingerprint density at radius 3 is 3.00 bits per heavy atom. The Morgan fingerprint density at radius 2 is 2.29 bits per heavy atom. The molecule has 8 heteroatoms. The molecule has 2 aliphatic rings. The van der Waals surface area contributed by atoms with Crippen molar-refractivity contribution in [1.82, 2.24) is 20.2 Å². The molecule has 1 saturated carbocycles. The van der Waals surface area contributed by atoms with Gasteiger partial charge in [-0.1, -0.05) is 13.0 Å². The number of carbonyl (C=O) groups is 2. The van der Waals surface area contributed by atoms with Crippen molar-refractivity contribution >= 4 is 23.2 Å². The van der Waals surface area contributed by atoms with Crippen LogP contribution in [0.15, 0.2) is 29.9 Å². The molecule has 28 heavy (non-hydrogen) atoms. The van der Waals surface area contributed by atoms with E-state index in [1.54, 1.807) is 23.7 Å². The predicted octanol–water partition coefficient (Wildman–Crippen LogP) is 2.24. The van der Waals surface area contributed by atoms with E-state index >= 15 is 0 Å². The Balaban J connectivity index is 1.50. The second-order valence-electron chi connectivity index (χ2n) is 7.20. The number of pyridine rings is 1. The third-order valence-corrected chi connectivity index (χ3v) is 5.95. The van der Waals surface area contributed by atoms with Gasteiger partial charge in [0.2, 0.25) is 5.91 Å². The minimum atomic E-state index is -0.753. The molecule has 2 fully saturated rings. The number of hydrogen-bond donors (Lipinski definition) is 1. The van der Waals surface area contributed by atoms with E-state index in [2.05, 4.69) is 22.2 Å². The molecule has 2 aromatic rings. The largest absolute Gasteiger partial charge is 0.356 e. The van der Waals surface area contributed by atoms with E-state index in [4.69, 9.17) is 4.74 Å². The third kappa shape index (κ3) is 4.07. The molecule has 1 aliphatic heterocycles. The summed E-state index contributed by atoms with van der Waals surface area (Å²) in [6.07, 6.45) is 6.57. The first-order chi connectivity index (χ1) is 13.7. The lowest BCUT2D eigenvalue weighted by Crippen LogP contribution is -2.55. The van der Waals surface area contributed by atoms with Crippen molar-refractivity contribution in [1.29, 1.82) is 0 Å². The lowest BCUT2D eigenvalue weighted by atomic mass is 9.98. The van der Waals surface area contributed by atoms with Gasteiger partial charge in [-0.25, -0.2) is 4.98 Å². The van der Waals surface area contributed by atoms with Gasteiger partial charge >= 0.3 is 0 Å². The molecule has 4 rings (SSSR count). The molecular formula is C20H24N4O3S. The van der Waals surface area contributed by atoms with Crippen LogP contribution in [0, 0.1) is 0 Å². The zero-order valence-corrected chi connectivity index (χ0v) is 16.7. The van der Waals surface area contributed by atoms with Crippen LogP contribution in [0.1, 0.15) is 48.5 Å². The van der Waals surface area contributed by atoms with Gasteiger partial charge in [0.1, 0.15) is 6.61 Å². The summed E-state index contributed by atoms with van der Waals surface area (Å²) in [5, 5.41) is 6.00.